The predicted octanol–water partition coefficient (Wildman–Crippen LogP) is 3.51. The van der Waals surface area contributed by atoms with Crippen LogP contribution in [0.1, 0.15) is 45.8 Å². The molecule has 134 valence electrons. The van der Waals surface area contributed by atoms with Crippen molar-refractivity contribution < 1.29 is 14.7 Å². The van der Waals surface area contributed by atoms with Gasteiger partial charge in [-0.3, -0.25) is 4.79 Å². The summed E-state index contributed by atoms with van der Waals surface area (Å²) in [5.74, 6) is -0.131. The zero-order valence-corrected chi connectivity index (χ0v) is 14.7. The largest absolute Gasteiger partial charge is 0.478 e. The summed E-state index contributed by atoms with van der Waals surface area (Å²) in [6, 6.07) is 15.4. The third-order valence-corrected chi connectivity index (χ3v) is 5.84. The Bertz CT molecular complexity index is 837. The first kappa shape index (κ1) is 16.8. The second-order valence-electron chi connectivity index (χ2n) is 7.39. The predicted molar refractivity (Wildman–Crippen MR) is 99.3 cm³/mol. The van der Waals surface area contributed by atoms with E-state index in [1.165, 1.54) is 11.1 Å². The summed E-state index contributed by atoms with van der Waals surface area (Å²) in [7, 11) is 0. The SMILES string of the molecule is O=C(O)c1ccccc1CC1CCN(C(=O)C2Cc3ccccc32)CC1. The van der Waals surface area contributed by atoms with Crippen LogP contribution < -0.4 is 0 Å². The maximum absolute atomic E-state index is 12.8. The van der Waals surface area contributed by atoms with Gasteiger partial charge in [-0.15, -0.1) is 0 Å². The van der Waals surface area contributed by atoms with Crippen molar-refractivity contribution in [1.29, 1.82) is 0 Å². The van der Waals surface area contributed by atoms with Crippen LogP contribution in [0.5, 0.6) is 0 Å². The molecule has 1 N–H and O–H groups in total. The molecule has 1 atom stereocenters. The maximum Gasteiger partial charge on any atom is 0.335 e. The first-order valence-electron chi connectivity index (χ1n) is 9.31. The van der Waals surface area contributed by atoms with E-state index in [0.717, 1.165) is 44.3 Å². The number of carbonyl (C=O) groups is 2. The molecule has 2 aromatic rings. The van der Waals surface area contributed by atoms with Crippen molar-refractivity contribution in [2.75, 3.05) is 13.1 Å². The Labute approximate surface area is 153 Å². The number of amides is 1. The van der Waals surface area contributed by atoms with Crippen molar-refractivity contribution in [3.8, 4) is 0 Å². The van der Waals surface area contributed by atoms with Crippen molar-refractivity contribution in [3.05, 3.63) is 70.8 Å². The summed E-state index contributed by atoms with van der Waals surface area (Å²) in [5.41, 5.74) is 3.79. The van der Waals surface area contributed by atoms with Crippen molar-refractivity contribution in [1.82, 2.24) is 4.90 Å². The Morgan fingerprint density at radius 2 is 1.69 bits per heavy atom. The lowest BCUT2D eigenvalue weighted by Crippen LogP contribution is -2.44. The molecule has 4 rings (SSSR count). The molecular weight excluding hydrogens is 326 g/mol. The van der Waals surface area contributed by atoms with E-state index >= 15 is 0 Å². The smallest absolute Gasteiger partial charge is 0.335 e. The summed E-state index contributed by atoms with van der Waals surface area (Å²) in [5, 5.41) is 9.33. The molecule has 0 spiro atoms. The van der Waals surface area contributed by atoms with Gasteiger partial charge in [-0.25, -0.2) is 4.79 Å². The van der Waals surface area contributed by atoms with Gasteiger partial charge >= 0.3 is 5.97 Å². The molecule has 1 heterocycles. The van der Waals surface area contributed by atoms with E-state index in [4.69, 9.17) is 0 Å². The minimum atomic E-state index is -0.864. The first-order valence-corrected chi connectivity index (χ1v) is 9.31. The number of aromatic carboxylic acids is 1. The molecule has 0 saturated carbocycles. The van der Waals surface area contributed by atoms with Crippen LogP contribution in [0.2, 0.25) is 0 Å². The van der Waals surface area contributed by atoms with Gasteiger partial charge in [0.1, 0.15) is 0 Å². The van der Waals surface area contributed by atoms with Crippen molar-refractivity contribution >= 4 is 11.9 Å². The zero-order chi connectivity index (χ0) is 18.1. The Morgan fingerprint density at radius 1 is 1.00 bits per heavy atom. The van der Waals surface area contributed by atoms with Crippen LogP contribution in [0.4, 0.5) is 0 Å². The second kappa shape index (κ2) is 6.94. The van der Waals surface area contributed by atoms with Crippen molar-refractivity contribution in [2.45, 2.75) is 31.6 Å². The van der Waals surface area contributed by atoms with Gasteiger partial charge in [-0.05, 0) is 54.4 Å². The van der Waals surface area contributed by atoms with E-state index in [1.54, 1.807) is 12.1 Å². The van der Waals surface area contributed by atoms with Gasteiger partial charge in [0.15, 0.2) is 0 Å². The number of carboxylic acids is 1. The lowest BCUT2D eigenvalue weighted by Gasteiger charge is -2.38. The summed E-state index contributed by atoms with van der Waals surface area (Å²) < 4.78 is 0. The van der Waals surface area contributed by atoms with Gasteiger partial charge in [-0.1, -0.05) is 42.5 Å². The standard InChI is InChI=1S/C22H23NO3/c24-21(20-14-17-6-1-3-7-18(17)20)23-11-9-15(10-12-23)13-16-5-2-4-8-19(16)22(25)26/h1-8,15,20H,9-14H2,(H,25,26). The topological polar surface area (TPSA) is 57.6 Å². The Kier molecular flexibility index (Phi) is 4.49. The van der Waals surface area contributed by atoms with Gasteiger partial charge < -0.3 is 10.0 Å². The fourth-order valence-corrected chi connectivity index (χ4v) is 4.27. The van der Waals surface area contributed by atoms with Gasteiger partial charge in [0.25, 0.3) is 0 Å². The fourth-order valence-electron chi connectivity index (χ4n) is 4.27. The average Bonchev–Trinajstić information content (AvgIpc) is 2.63. The van der Waals surface area contributed by atoms with E-state index in [1.807, 2.05) is 29.2 Å². The van der Waals surface area contributed by atoms with E-state index in [2.05, 4.69) is 12.1 Å². The molecule has 2 aromatic carbocycles. The number of likely N-dealkylation sites (tertiary alicyclic amines) is 1. The van der Waals surface area contributed by atoms with E-state index in [-0.39, 0.29) is 11.8 Å². The van der Waals surface area contributed by atoms with Gasteiger partial charge in [0.05, 0.1) is 11.5 Å². The number of piperidine rings is 1. The first-order chi connectivity index (χ1) is 12.6. The molecule has 2 aliphatic rings. The lowest BCUT2D eigenvalue weighted by molar-refractivity contribution is -0.134. The number of nitrogens with zero attached hydrogens (tertiary/aromatic N) is 1. The number of carbonyl (C=O) groups excluding carboxylic acids is 1. The van der Waals surface area contributed by atoms with Crippen molar-refractivity contribution in [2.24, 2.45) is 5.92 Å². The number of hydrogen-bond acceptors (Lipinski definition) is 2. The molecule has 1 aliphatic carbocycles. The normalized spacial score (nSPS) is 19.5. The molecule has 4 heteroatoms. The summed E-state index contributed by atoms with van der Waals surface area (Å²) in [6.45, 7) is 1.55. The highest BCUT2D eigenvalue weighted by Gasteiger charge is 2.35. The highest BCUT2D eigenvalue weighted by Crippen LogP contribution is 2.37. The van der Waals surface area contributed by atoms with Gasteiger partial charge in [-0.2, -0.15) is 0 Å². The van der Waals surface area contributed by atoms with Crippen molar-refractivity contribution in [3.63, 3.8) is 0 Å². The fraction of sp³-hybridized carbons (Fsp3) is 0.364. The third-order valence-electron chi connectivity index (χ3n) is 5.84. The highest BCUT2D eigenvalue weighted by atomic mass is 16.4. The molecule has 1 saturated heterocycles. The lowest BCUT2D eigenvalue weighted by atomic mass is 9.76. The molecule has 1 amide bonds. The summed E-state index contributed by atoms with van der Waals surface area (Å²) >= 11 is 0. The van der Waals surface area contributed by atoms with Crippen LogP contribution in [0, 0.1) is 5.92 Å². The van der Waals surface area contributed by atoms with Crippen LogP contribution in [0.3, 0.4) is 0 Å². The molecule has 0 radical (unpaired) electrons. The molecule has 1 aliphatic heterocycles. The molecular formula is C22H23NO3. The van der Waals surface area contributed by atoms with Crippen LogP contribution in [-0.4, -0.2) is 35.0 Å². The number of carboxylic acid groups (broad SMARTS) is 1. The number of fused-ring (bicyclic) bond motifs is 1. The quantitative estimate of drug-likeness (QED) is 0.919. The molecule has 0 bridgehead atoms. The number of benzene rings is 2. The van der Waals surface area contributed by atoms with Crippen LogP contribution in [0.25, 0.3) is 0 Å². The zero-order valence-electron chi connectivity index (χ0n) is 14.7. The minimum Gasteiger partial charge on any atom is -0.478 e. The van der Waals surface area contributed by atoms with E-state index < -0.39 is 5.97 Å². The summed E-state index contributed by atoms with van der Waals surface area (Å²) in [6.07, 6.45) is 3.51. The van der Waals surface area contributed by atoms with E-state index in [9.17, 15) is 14.7 Å². The molecule has 26 heavy (non-hydrogen) atoms. The van der Waals surface area contributed by atoms with Gasteiger partial charge in [0.2, 0.25) is 5.91 Å². The highest BCUT2D eigenvalue weighted by molar-refractivity contribution is 5.89. The third kappa shape index (κ3) is 3.12. The maximum atomic E-state index is 12.8. The van der Waals surface area contributed by atoms with E-state index in [0.29, 0.717) is 11.5 Å². The Hall–Kier alpha value is -2.62. The summed E-state index contributed by atoms with van der Waals surface area (Å²) in [4.78, 5) is 26.2. The van der Waals surface area contributed by atoms with Crippen LogP contribution in [0.15, 0.2) is 48.5 Å². The average molecular weight is 349 g/mol. The second-order valence-corrected chi connectivity index (χ2v) is 7.39. The number of hydrogen-bond donors (Lipinski definition) is 1. The molecule has 1 unspecified atom stereocenters. The van der Waals surface area contributed by atoms with Crippen LogP contribution in [-0.2, 0) is 17.6 Å². The minimum absolute atomic E-state index is 0.0375. The molecule has 1 fully saturated rings. The molecule has 4 nitrogen and oxygen atoms in total. The van der Waals surface area contributed by atoms with Crippen LogP contribution >= 0.6 is 0 Å². The Morgan fingerprint density at radius 3 is 2.42 bits per heavy atom. The molecule has 0 aromatic heterocycles. The monoisotopic (exact) mass is 349 g/mol. The Balaban J connectivity index is 1.35. The number of rotatable bonds is 4. The van der Waals surface area contributed by atoms with Gasteiger partial charge in [0, 0.05) is 13.1 Å².